The first-order valence-electron chi connectivity index (χ1n) is 10.3. The van der Waals surface area contributed by atoms with Crippen LogP contribution in [0.3, 0.4) is 0 Å². The molecule has 0 unspecified atom stereocenters. The first-order valence-corrected chi connectivity index (χ1v) is 11.4. The predicted molar refractivity (Wildman–Crippen MR) is 134 cm³/mol. The number of benzene rings is 3. The molecule has 0 heterocycles. The highest BCUT2D eigenvalue weighted by Crippen LogP contribution is 2.25. The van der Waals surface area contributed by atoms with Gasteiger partial charge in [0.05, 0.1) is 5.92 Å². The van der Waals surface area contributed by atoms with E-state index in [-0.39, 0.29) is 17.7 Å². The summed E-state index contributed by atoms with van der Waals surface area (Å²) in [4.78, 5) is 26.5. The van der Waals surface area contributed by atoms with Crippen LogP contribution in [0.2, 0.25) is 0 Å². The number of rotatable bonds is 7. The fourth-order valence-corrected chi connectivity index (χ4v) is 4.18. The van der Waals surface area contributed by atoms with E-state index in [0.717, 1.165) is 25.9 Å². The van der Waals surface area contributed by atoms with Crippen molar-refractivity contribution in [1.29, 1.82) is 0 Å². The maximum Gasteiger partial charge on any atom is 0.247 e. The van der Waals surface area contributed by atoms with E-state index >= 15 is 0 Å². The van der Waals surface area contributed by atoms with Crippen LogP contribution in [0, 0.1) is 16.4 Å². The molecule has 0 fully saturated rings. The van der Waals surface area contributed by atoms with Crippen LogP contribution >= 0.6 is 22.6 Å². The first kappa shape index (κ1) is 23.0. The second-order valence-corrected chi connectivity index (χ2v) is 9.18. The highest BCUT2D eigenvalue weighted by Gasteiger charge is 2.29. The summed E-state index contributed by atoms with van der Waals surface area (Å²) in [6, 6.07) is 24.5. The fourth-order valence-electron chi connectivity index (χ4n) is 3.54. The van der Waals surface area contributed by atoms with Gasteiger partial charge in [-0.15, -0.1) is 0 Å². The summed E-state index contributed by atoms with van der Waals surface area (Å²) >= 11 is 2.24. The van der Waals surface area contributed by atoms with E-state index in [0.29, 0.717) is 0 Å². The van der Waals surface area contributed by atoms with Gasteiger partial charge in [0.25, 0.3) is 0 Å². The number of amides is 2. The van der Waals surface area contributed by atoms with E-state index in [4.69, 9.17) is 0 Å². The molecule has 0 spiro atoms. The smallest absolute Gasteiger partial charge is 0.247 e. The molecular weight excluding hydrogens is 499 g/mol. The van der Waals surface area contributed by atoms with Gasteiger partial charge >= 0.3 is 0 Å². The molecular formula is C26H27IN2O2. The monoisotopic (exact) mass is 526 g/mol. The molecule has 0 saturated carbocycles. The van der Waals surface area contributed by atoms with Crippen molar-refractivity contribution in [3.63, 3.8) is 0 Å². The molecule has 160 valence electrons. The average Bonchev–Trinajstić information content (AvgIpc) is 2.75. The molecule has 2 N–H and O–H groups in total. The van der Waals surface area contributed by atoms with Crippen molar-refractivity contribution in [2.24, 2.45) is 5.92 Å². The van der Waals surface area contributed by atoms with Crippen molar-refractivity contribution in [2.45, 2.75) is 32.7 Å². The van der Waals surface area contributed by atoms with Crippen LogP contribution in [0.4, 0.5) is 5.69 Å². The zero-order valence-electron chi connectivity index (χ0n) is 17.9. The summed E-state index contributed by atoms with van der Waals surface area (Å²) in [5.41, 5.74) is 3.53. The third kappa shape index (κ3) is 5.94. The van der Waals surface area contributed by atoms with Gasteiger partial charge in [-0.2, -0.15) is 0 Å². The van der Waals surface area contributed by atoms with Crippen molar-refractivity contribution in [2.75, 3.05) is 5.32 Å². The standard InChI is InChI=1S/C26H27IN2O2/c1-17(2)24(26(31)28-22-15-14-21(27)16-18(22)3)29-25(30)23(19-10-6-4-7-11-19)20-12-8-5-9-13-20/h4-17,23-24H,1-3H3,(H,28,31)(H,29,30)/t24-/m0/s1. The van der Waals surface area contributed by atoms with Gasteiger partial charge in [-0.25, -0.2) is 0 Å². The molecule has 0 aliphatic heterocycles. The highest BCUT2D eigenvalue weighted by atomic mass is 127. The molecule has 2 amide bonds. The lowest BCUT2D eigenvalue weighted by Crippen LogP contribution is -2.48. The Balaban J connectivity index is 1.84. The quantitative estimate of drug-likeness (QED) is 0.399. The summed E-state index contributed by atoms with van der Waals surface area (Å²) in [5, 5.41) is 6.00. The van der Waals surface area contributed by atoms with Gasteiger partial charge in [0.2, 0.25) is 11.8 Å². The van der Waals surface area contributed by atoms with E-state index in [1.54, 1.807) is 0 Å². The number of aryl methyl sites for hydroxylation is 1. The Morgan fingerprint density at radius 3 is 1.84 bits per heavy atom. The molecule has 0 bridgehead atoms. The second kappa shape index (κ2) is 10.6. The summed E-state index contributed by atoms with van der Waals surface area (Å²) in [6.45, 7) is 5.83. The van der Waals surface area contributed by atoms with E-state index in [2.05, 4.69) is 33.2 Å². The molecule has 4 nitrogen and oxygen atoms in total. The molecule has 0 aliphatic rings. The Morgan fingerprint density at radius 2 is 1.35 bits per heavy atom. The highest BCUT2D eigenvalue weighted by molar-refractivity contribution is 14.1. The number of halogens is 1. The van der Waals surface area contributed by atoms with Gasteiger partial charge in [-0.1, -0.05) is 74.5 Å². The number of carbonyl (C=O) groups excluding carboxylic acids is 2. The van der Waals surface area contributed by atoms with Crippen LogP contribution < -0.4 is 10.6 Å². The van der Waals surface area contributed by atoms with Gasteiger partial charge in [0.15, 0.2) is 0 Å². The van der Waals surface area contributed by atoms with Crippen LogP contribution in [-0.2, 0) is 9.59 Å². The third-order valence-electron chi connectivity index (χ3n) is 5.22. The van der Waals surface area contributed by atoms with Crippen molar-refractivity contribution in [3.05, 3.63) is 99.1 Å². The summed E-state index contributed by atoms with van der Waals surface area (Å²) in [7, 11) is 0. The minimum atomic E-state index is -0.652. The molecule has 0 aromatic heterocycles. The number of hydrogen-bond donors (Lipinski definition) is 2. The Bertz CT molecular complexity index is 996. The van der Waals surface area contributed by atoms with E-state index < -0.39 is 12.0 Å². The molecule has 0 saturated heterocycles. The molecule has 5 heteroatoms. The first-order chi connectivity index (χ1) is 14.9. The fraction of sp³-hybridized carbons (Fsp3) is 0.231. The summed E-state index contributed by atoms with van der Waals surface area (Å²) in [5.74, 6) is -0.963. The topological polar surface area (TPSA) is 58.2 Å². The zero-order chi connectivity index (χ0) is 22.4. The number of carbonyl (C=O) groups is 2. The minimum absolute atomic E-state index is 0.0692. The van der Waals surface area contributed by atoms with Crippen molar-refractivity contribution in [1.82, 2.24) is 5.32 Å². The van der Waals surface area contributed by atoms with Crippen molar-refractivity contribution in [3.8, 4) is 0 Å². The van der Waals surface area contributed by atoms with Crippen LogP contribution in [0.25, 0.3) is 0 Å². The van der Waals surface area contributed by atoms with Gasteiger partial charge in [0.1, 0.15) is 6.04 Å². The molecule has 31 heavy (non-hydrogen) atoms. The number of nitrogens with one attached hydrogen (secondary N) is 2. The van der Waals surface area contributed by atoms with Crippen LogP contribution in [-0.4, -0.2) is 17.9 Å². The molecule has 0 radical (unpaired) electrons. The van der Waals surface area contributed by atoms with Gasteiger partial charge in [-0.3, -0.25) is 9.59 Å². The number of anilines is 1. The molecule has 0 aliphatic carbocycles. The molecule has 1 atom stereocenters. The van der Waals surface area contributed by atoms with Gasteiger partial charge < -0.3 is 10.6 Å². The van der Waals surface area contributed by atoms with E-state index in [9.17, 15) is 9.59 Å². The van der Waals surface area contributed by atoms with Gasteiger partial charge in [-0.05, 0) is 70.3 Å². The molecule has 3 rings (SSSR count). The van der Waals surface area contributed by atoms with Gasteiger partial charge in [0, 0.05) is 9.26 Å². The Morgan fingerprint density at radius 1 is 0.806 bits per heavy atom. The Kier molecular flexibility index (Phi) is 7.85. The normalized spacial score (nSPS) is 11.9. The summed E-state index contributed by atoms with van der Waals surface area (Å²) < 4.78 is 1.11. The largest absolute Gasteiger partial charge is 0.343 e. The average molecular weight is 526 g/mol. The lowest BCUT2D eigenvalue weighted by atomic mass is 9.89. The van der Waals surface area contributed by atoms with Crippen molar-refractivity contribution >= 4 is 40.1 Å². The molecule has 3 aromatic carbocycles. The van der Waals surface area contributed by atoms with E-state index in [1.165, 1.54) is 0 Å². The maximum absolute atomic E-state index is 13.4. The van der Waals surface area contributed by atoms with E-state index in [1.807, 2.05) is 99.6 Å². The predicted octanol–water partition coefficient (Wildman–Crippen LogP) is 5.51. The number of hydrogen-bond acceptors (Lipinski definition) is 2. The van der Waals surface area contributed by atoms with Crippen molar-refractivity contribution < 1.29 is 9.59 Å². The minimum Gasteiger partial charge on any atom is -0.343 e. The third-order valence-corrected chi connectivity index (χ3v) is 5.89. The lowest BCUT2D eigenvalue weighted by Gasteiger charge is -2.25. The Hall–Kier alpha value is -2.67. The second-order valence-electron chi connectivity index (χ2n) is 7.93. The summed E-state index contributed by atoms with van der Waals surface area (Å²) in [6.07, 6.45) is 0. The van der Waals surface area contributed by atoms with Crippen LogP contribution in [0.15, 0.2) is 78.9 Å². The maximum atomic E-state index is 13.4. The SMILES string of the molecule is Cc1cc(I)ccc1NC(=O)[C@@H](NC(=O)C(c1ccccc1)c1ccccc1)C(C)C. The zero-order valence-corrected chi connectivity index (χ0v) is 20.1. The lowest BCUT2D eigenvalue weighted by molar-refractivity contribution is -0.127. The van der Waals surface area contributed by atoms with Crippen LogP contribution in [0.5, 0.6) is 0 Å². The Labute approximate surface area is 197 Å². The van der Waals surface area contributed by atoms with Crippen LogP contribution in [0.1, 0.15) is 36.5 Å². The molecule has 3 aromatic rings.